The van der Waals surface area contributed by atoms with Gasteiger partial charge < -0.3 is 4.74 Å². The zero-order valence-corrected chi connectivity index (χ0v) is 11.4. The second-order valence-corrected chi connectivity index (χ2v) is 6.21. The van der Waals surface area contributed by atoms with Gasteiger partial charge in [-0.15, -0.1) is 13.2 Å². The Hall–Kier alpha value is -1.35. The third-order valence-corrected chi connectivity index (χ3v) is 3.85. The SMILES string of the molecule is CS(=O)C[n+]1c(N)sc2cc(OC(F)(F)F)ccc21. The van der Waals surface area contributed by atoms with Crippen LogP contribution in [0.5, 0.6) is 5.75 Å². The number of alkyl halides is 3. The summed E-state index contributed by atoms with van der Waals surface area (Å²) in [5.41, 5.74) is 6.39. The van der Waals surface area contributed by atoms with E-state index in [0.29, 0.717) is 15.3 Å². The molecule has 1 aromatic carbocycles. The minimum atomic E-state index is -4.72. The van der Waals surface area contributed by atoms with Gasteiger partial charge in [-0.2, -0.15) is 0 Å². The van der Waals surface area contributed by atoms with Crippen molar-refractivity contribution in [2.75, 3.05) is 12.0 Å². The van der Waals surface area contributed by atoms with Crippen LogP contribution in [0.4, 0.5) is 18.3 Å². The van der Waals surface area contributed by atoms with E-state index in [1.165, 1.54) is 24.5 Å². The number of fused-ring (bicyclic) bond motifs is 1. The highest BCUT2D eigenvalue weighted by Gasteiger charge is 2.31. The van der Waals surface area contributed by atoms with E-state index in [4.69, 9.17) is 5.73 Å². The summed E-state index contributed by atoms with van der Waals surface area (Å²) in [6.07, 6.45) is -3.20. The van der Waals surface area contributed by atoms with Crippen molar-refractivity contribution in [3.8, 4) is 5.75 Å². The number of thiazole rings is 1. The van der Waals surface area contributed by atoms with Crippen LogP contribution in [0.2, 0.25) is 0 Å². The summed E-state index contributed by atoms with van der Waals surface area (Å²) in [5, 5.41) is 0.384. The Morgan fingerprint density at radius 3 is 2.74 bits per heavy atom. The van der Waals surface area contributed by atoms with E-state index < -0.39 is 17.2 Å². The fraction of sp³-hybridized carbons (Fsp3) is 0.300. The summed E-state index contributed by atoms with van der Waals surface area (Å²) in [5.74, 6) is -0.100. The van der Waals surface area contributed by atoms with Crippen LogP contribution in [-0.4, -0.2) is 16.8 Å². The molecule has 1 aromatic heterocycles. The van der Waals surface area contributed by atoms with Crippen LogP contribution < -0.4 is 15.0 Å². The molecule has 1 unspecified atom stereocenters. The third-order valence-electron chi connectivity index (χ3n) is 2.25. The number of rotatable bonds is 3. The van der Waals surface area contributed by atoms with Crippen LogP contribution in [0.25, 0.3) is 10.2 Å². The van der Waals surface area contributed by atoms with Crippen molar-refractivity contribution in [3.05, 3.63) is 18.2 Å². The maximum Gasteiger partial charge on any atom is 0.573 e. The molecular weight excluding hydrogens is 301 g/mol. The molecule has 0 radical (unpaired) electrons. The van der Waals surface area contributed by atoms with Crippen molar-refractivity contribution < 1.29 is 26.7 Å². The second-order valence-electron chi connectivity index (χ2n) is 3.75. The second kappa shape index (κ2) is 4.97. The molecule has 0 bridgehead atoms. The van der Waals surface area contributed by atoms with Gasteiger partial charge in [0.1, 0.15) is 11.3 Å². The number of anilines is 1. The molecule has 19 heavy (non-hydrogen) atoms. The van der Waals surface area contributed by atoms with Crippen LogP contribution in [0.3, 0.4) is 0 Å². The maximum atomic E-state index is 12.1. The topological polar surface area (TPSA) is 56.2 Å². The Kier molecular flexibility index (Phi) is 3.68. The van der Waals surface area contributed by atoms with Gasteiger partial charge in [-0.3, -0.25) is 9.94 Å². The number of nitrogen functional groups attached to an aromatic ring is 1. The summed E-state index contributed by atoms with van der Waals surface area (Å²) >= 11 is 1.12. The lowest BCUT2D eigenvalue weighted by molar-refractivity contribution is -0.631. The van der Waals surface area contributed by atoms with Gasteiger partial charge in [-0.25, -0.2) is 4.57 Å². The average Bonchev–Trinajstić information content (AvgIpc) is 2.51. The molecular formula is C10H10F3N2O2S2+. The minimum Gasteiger partial charge on any atom is -0.406 e. The molecule has 1 heterocycles. The van der Waals surface area contributed by atoms with Gasteiger partial charge in [0, 0.05) is 12.3 Å². The van der Waals surface area contributed by atoms with Gasteiger partial charge in [-0.05, 0) is 23.5 Å². The monoisotopic (exact) mass is 311 g/mol. The van der Waals surface area contributed by atoms with Crippen LogP contribution in [0, 0.1) is 0 Å². The van der Waals surface area contributed by atoms with Crippen LogP contribution in [0.1, 0.15) is 0 Å². The Morgan fingerprint density at radius 2 is 2.16 bits per heavy atom. The van der Waals surface area contributed by atoms with Crippen molar-refractivity contribution in [1.29, 1.82) is 0 Å². The highest BCUT2D eigenvalue weighted by molar-refractivity contribution is 7.83. The Balaban J connectivity index is 2.43. The molecule has 0 amide bonds. The lowest BCUT2D eigenvalue weighted by atomic mass is 10.3. The van der Waals surface area contributed by atoms with Crippen LogP contribution in [0.15, 0.2) is 18.2 Å². The van der Waals surface area contributed by atoms with E-state index in [9.17, 15) is 17.4 Å². The van der Waals surface area contributed by atoms with Gasteiger partial charge in [0.15, 0.2) is 5.88 Å². The van der Waals surface area contributed by atoms with Crippen molar-refractivity contribution >= 4 is 37.5 Å². The molecule has 0 saturated heterocycles. The largest absolute Gasteiger partial charge is 0.573 e. The quantitative estimate of drug-likeness (QED) is 0.882. The molecule has 0 aliphatic rings. The molecule has 2 aromatic rings. The Bertz CT molecular complexity index is 639. The minimum absolute atomic E-state index is 0.200. The first-order chi connectivity index (χ1) is 8.76. The normalized spacial score (nSPS) is 13.7. The summed E-state index contributed by atoms with van der Waals surface area (Å²) < 4.78 is 53.5. The van der Waals surface area contributed by atoms with Gasteiger partial charge >= 0.3 is 11.5 Å². The molecule has 2 N–H and O–H groups in total. The van der Waals surface area contributed by atoms with Crippen molar-refractivity contribution in [3.63, 3.8) is 0 Å². The van der Waals surface area contributed by atoms with E-state index >= 15 is 0 Å². The van der Waals surface area contributed by atoms with E-state index in [1.807, 2.05) is 0 Å². The first-order valence-corrected chi connectivity index (χ1v) is 7.58. The fourth-order valence-electron chi connectivity index (χ4n) is 1.60. The lowest BCUT2D eigenvalue weighted by Crippen LogP contribution is -2.36. The third kappa shape index (κ3) is 3.35. The molecule has 0 aliphatic heterocycles. The number of hydrogen-bond donors (Lipinski definition) is 1. The van der Waals surface area contributed by atoms with Crippen molar-refractivity contribution in [1.82, 2.24) is 0 Å². The highest BCUT2D eigenvalue weighted by Crippen LogP contribution is 2.29. The zero-order chi connectivity index (χ0) is 14.2. The summed E-state index contributed by atoms with van der Waals surface area (Å²) in [7, 11) is -1.10. The number of nitrogens with zero attached hydrogens (tertiary/aromatic N) is 1. The number of aromatic nitrogens is 1. The smallest absolute Gasteiger partial charge is 0.406 e. The van der Waals surface area contributed by atoms with E-state index in [0.717, 1.165) is 11.3 Å². The predicted octanol–water partition coefficient (Wildman–Crippen LogP) is 2.01. The fourth-order valence-corrected chi connectivity index (χ4v) is 3.28. The zero-order valence-electron chi connectivity index (χ0n) is 9.73. The highest BCUT2D eigenvalue weighted by atomic mass is 32.2. The molecule has 4 nitrogen and oxygen atoms in total. The lowest BCUT2D eigenvalue weighted by Gasteiger charge is -2.07. The van der Waals surface area contributed by atoms with Gasteiger partial charge in [-0.1, -0.05) is 0 Å². The molecule has 2 rings (SSSR count). The number of hydrogen-bond acceptors (Lipinski definition) is 4. The predicted molar refractivity (Wildman–Crippen MR) is 67.2 cm³/mol. The van der Waals surface area contributed by atoms with Gasteiger partial charge in [0.05, 0.1) is 15.5 Å². The average molecular weight is 311 g/mol. The number of benzene rings is 1. The van der Waals surface area contributed by atoms with E-state index in [1.54, 1.807) is 4.57 Å². The van der Waals surface area contributed by atoms with Crippen LogP contribution >= 0.6 is 11.3 Å². The molecule has 104 valence electrons. The van der Waals surface area contributed by atoms with E-state index in [-0.39, 0.29) is 11.6 Å². The van der Waals surface area contributed by atoms with Crippen LogP contribution in [-0.2, 0) is 16.7 Å². The molecule has 0 saturated carbocycles. The summed E-state index contributed by atoms with van der Waals surface area (Å²) in [4.78, 5) is 0. The first kappa shape index (κ1) is 14.1. The van der Waals surface area contributed by atoms with Crippen molar-refractivity contribution in [2.24, 2.45) is 0 Å². The summed E-state index contributed by atoms with van der Waals surface area (Å²) in [6, 6.07) is 3.94. The van der Waals surface area contributed by atoms with Gasteiger partial charge in [0.25, 0.3) is 0 Å². The maximum absolute atomic E-state index is 12.1. The van der Waals surface area contributed by atoms with Crippen molar-refractivity contribution in [2.45, 2.75) is 12.2 Å². The number of nitrogens with two attached hydrogens (primary N) is 1. The Morgan fingerprint density at radius 1 is 1.47 bits per heavy atom. The standard InChI is InChI=1S/C10H9F3N2O2S2/c1-19(16)5-15-7-3-2-6(17-10(11,12)13)4-8(7)18-9(15)14/h2-4,14H,5H2,1H3/p+1. The molecule has 0 spiro atoms. The summed E-state index contributed by atoms with van der Waals surface area (Å²) in [6.45, 7) is 0. The number of halogens is 3. The van der Waals surface area contributed by atoms with E-state index in [2.05, 4.69) is 4.74 Å². The molecule has 1 atom stereocenters. The molecule has 0 fully saturated rings. The first-order valence-electron chi connectivity index (χ1n) is 5.04. The Labute approximate surface area is 113 Å². The molecule has 9 heteroatoms. The van der Waals surface area contributed by atoms with Gasteiger partial charge in [0.2, 0.25) is 0 Å². The molecule has 0 aliphatic carbocycles. The number of ether oxygens (including phenoxy) is 1.